The van der Waals surface area contributed by atoms with Gasteiger partial charge in [-0.25, -0.2) is 0 Å². The minimum atomic E-state index is 0.167. The van der Waals surface area contributed by atoms with Crippen LogP contribution < -0.4 is 10.6 Å². The molecule has 0 aromatic carbocycles. The highest BCUT2D eigenvalue weighted by atomic mass is 16.3. The van der Waals surface area contributed by atoms with Crippen molar-refractivity contribution in [2.75, 3.05) is 26.3 Å². The summed E-state index contributed by atoms with van der Waals surface area (Å²) in [6.45, 7) is 9.18. The molecule has 0 aromatic heterocycles. The summed E-state index contributed by atoms with van der Waals surface area (Å²) in [5.41, 5.74) is 0. The minimum absolute atomic E-state index is 0.167. The number of carbonyl (C=O) groups excluding carboxylic acids is 1. The highest BCUT2D eigenvalue weighted by Crippen LogP contribution is 1.89. The Morgan fingerprint density at radius 2 is 1.22 bits per heavy atom. The predicted octanol–water partition coefficient (Wildman–Crippen LogP) is 0.303. The number of aliphatic hydroxyl groups excluding tert-OH is 2. The zero-order chi connectivity index (χ0) is 14.4. The Balaban J connectivity index is 0. The normalized spacial score (nSPS) is 13.4. The van der Waals surface area contributed by atoms with Gasteiger partial charge in [-0.1, -0.05) is 13.8 Å². The maximum absolute atomic E-state index is 9.44. The highest BCUT2D eigenvalue weighted by Gasteiger charge is 2.04. The fraction of sp³-hybridized carbons (Fsp3) is 0.923. The summed E-state index contributed by atoms with van der Waals surface area (Å²) in [5, 5.41) is 24.3. The summed E-state index contributed by atoms with van der Waals surface area (Å²) in [6.07, 6.45) is 1.88. The first-order valence-electron chi connectivity index (χ1n) is 6.67. The van der Waals surface area contributed by atoms with Crippen LogP contribution in [0.3, 0.4) is 0 Å². The first-order valence-corrected chi connectivity index (χ1v) is 6.67. The molecule has 0 radical (unpaired) electrons. The summed E-state index contributed by atoms with van der Waals surface area (Å²) < 4.78 is 0. The number of ketones is 1. The lowest BCUT2D eigenvalue weighted by Gasteiger charge is -2.17. The van der Waals surface area contributed by atoms with Crippen LogP contribution >= 0.6 is 0 Å². The predicted molar refractivity (Wildman–Crippen MR) is 74.7 cm³/mol. The molecule has 0 saturated heterocycles. The third kappa shape index (κ3) is 15.5. The zero-order valence-electron chi connectivity index (χ0n) is 12.2. The number of rotatable bonds is 9. The van der Waals surface area contributed by atoms with Crippen LogP contribution in [0.1, 0.15) is 40.5 Å². The van der Waals surface area contributed by atoms with Gasteiger partial charge in [0, 0.05) is 25.2 Å². The molecule has 0 amide bonds. The van der Waals surface area contributed by atoms with Crippen LogP contribution in [0.2, 0.25) is 0 Å². The van der Waals surface area contributed by atoms with Crippen molar-refractivity contribution in [2.24, 2.45) is 0 Å². The number of hydrogen-bond donors (Lipinski definition) is 4. The van der Waals surface area contributed by atoms with E-state index in [1.807, 2.05) is 13.8 Å². The quantitative estimate of drug-likeness (QED) is 0.449. The van der Waals surface area contributed by atoms with Crippen molar-refractivity contribution < 1.29 is 15.0 Å². The molecule has 0 spiro atoms. The van der Waals surface area contributed by atoms with Crippen molar-refractivity contribution in [1.82, 2.24) is 10.6 Å². The van der Waals surface area contributed by atoms with Gasteiger partial charge >= 0.3 is 0 Å². The van der Waals surface area contributed by atoms with Crippen molar-refractivity contribution >= 4 is 5.78 Å². The van der Waals surface area contributed by atoms with E-state index in [9.17, 15) is 4.79 Å². The van der Waals surface area contributed by atoms with Gasteiger partial charge in [0.25, 0.3) is 0 Å². The molecule has 0 aliphatic carbocycles. The van der Waals surface area contributed by atoms with E-state index in [2.05, 4.69) is 10.6 Å². The maximum Gasteiger partial charge on any atom is 0.126 e. The van der Waals surface area contributed by atoms with Crippen molar-refractivity contribution in [3.8, 4) is 0 Å². The lowest BCUT2D eigenvalue weighted by molar-refractivity contribution is -0.114. The molecule has 5 nitrogen and oxygen atoms in total. The molecule has 18 heavy (non-hydrogen) atoms. The van der Waals surface area contributed by atoms with Crippen LogP contribution in [0, 0.1) is 0 Å². The van der Waals surface area contributed by atoms with Gasteiger partial charge in [0.2, 0.25) is 0 Å². The highest BCUT2D eigenvalue weighted by molar-refractivity contribution is 5.72. The molecule has 0 heterocycles. The van der Waals surface area contributed by atoms with Gasteiger partial charge in [-0.2, -0.15) is 0 Å². The summed E-state index contributed by atoms with van der Waals surface area (Å²) >= 11 is 0. The molecule has 0 saturated carbocycles. The Morgan fingerprint density at radius 1 is 0.944 bits per heavy atom. The van der Waals surface area contributed by atoms with Crippen LogP contribution in [-0.2, 0) is 4.79 Å². The number of aliphatic hydroxyl groups is 2. The van der Waals surface area contributed by atoms with E-state index in [0.29, 0.717) is 0 Å². The summed E-state index contributed by atoms with van der Waals surface area (Å²) in [7, 11) is 0. The lowest BCUT2D eigenvalue weighted by Crippen LogP contribution is -2.40. The number of nitrogens with one attached hydrogen (secondary N) is 2. The number of carbonyl (C=O) groups is 1. The average molecular weight is 262 g/mol. The van der Waals surface area contributed by atoms with E-state index in [1.165, 1.54) is 13.8 Å². The van der Waals surface area contributed by atoms with Crippen molar-refractivity contribution in [3.63, 3.8) is 0 Å². The second-order valence-corrected chi connectivity index (χ2v) is 4.39. The standard InChI is InChI=1S/C10H24N2O2.C3H6O/c1-3-9(7-13)11-5-6-12-10(4-2)8-14;1-3(2)4/h9-14H,3-8H2,1-2H3;1-2H3/t9-,10-;/m0./s1. The van der Waals surface area contributed by atoms with E-state index < -0.39 is 0 Å². The largest absolute Gasteiger partial charge is 0.395 e. The smallest absolute Gasteiger partial charge is 0.126 e. The molecule has 110 valence electrons. The first-order chi connectivity index (χ1) is 8.51. The Kier molecular flexibility index (Phi) is 16.1. The molecule has 0 aliphatic rings. The Morgan fingerprint density at radius 3 is 1.39 bits per heavy atom. The van der Waals surface area contributed by atoms with Crippen LogP contribution in [0.15, 0.2) is 0 Å². The monoisotopic (exact) mass is 262 g/mol. The van der Waals surface area contributed by atoms with Crippen LogP contribution in [0.5, 0.6) is 0 Å². The molecule has 0 aliphatic heterocycles. The molecular formula is C13H30N2O3. The van der Waals surface area contributed by atoms with Crippen LogP contribution in [-0.4, -0.2) is 54.4 Å². The zero-order valence-corrected chi connectivity index (χ0v) is 12.2. The van der Waals surface area contributed by atoms with Gasteiger partial charge < -0.3 is 25.6 Å². The van der Waals surface area contributed by atoms with Gasteiger partial charge in [0.1, 0.15) is 5.78 Å². The molecule has 0 aromatic rings. The fourth-order valence-electron chi connectivity index (χ4n) is 1.23. The van der Waals surface area contributed by atoms with E-state index in [1.54, 1.807) is 0 Å². The minimum Gasteiger partial charge on any atom is -0.395 e. The molecule has 2 atom stereocenters. The fourth-order valence-corrected chi connectivity index (χ4v) is 1.23. The van der Waals surface area contributed by atoms with E-state index >= 15 is 0 Å². The molecule has 0 fully saturated rings. The molecule has 5 heteroatoms. The second-order valence-electron chi connectivity index (χ2n) is 4.39. The molecule has 0 rings (SSSR count). The maximum atomic E-state index is 9.44. The molecular weight excluding hydrogens is 232 g/mol. The first kappa shape index (κ1) is 19.8. The van der Waals surface area contributed by atoms with Crippen LogP contribution in [0.4, 0.5) is 0 Å². The molecule has 0 bridgehead atoms. The molecule has 0 unspecified atom stereocenters. The Bertz CT molecular complexity index is 163. The Hall–Kier alpha value is -0.490. The van der Waals surface area contributed by atoms with Crippen molar-refractivity contribution in [3.05, 3.63) is 0 Å². The van der Waals surface area contributed by atoms with Gasteiger partial charge in [0.15, 0.2) is 0 Å². The number of hydrogen-bond acceptors (Lipinski definition) is 5. The van der Waals surface area contributed by atoms with Gasteiger partial charge in [0.05, 0.1) is 13.2 Å². The Labute approximate surface area is 111 Å². The van der Waals surface area contributed by atoms with Gasteiger partial charge in [-0.3, -0.25) is 0 Å². The average Bonchev–Trinajstić information content (AvgIpc) is 2.33. The SMILES string of the molecule is CC(C)=O.CC[C@@H](CO)NCCN[C@@H](CC)CO. The summed E-state index contributed by atoms with van der Waals surface area (Å²) in [6, 6.07) is 0.400. The second kappa shape index (κ2) is 14.6. The lowest BCUT2D eigenvalue weighted by atomic mass is 10.2. The third-order valence-electron chi connectivity index (χ3n) is 2.42. The van der Waals surface area contributed by atoms with Crippen LogP contribution in [0.25, 0.3) is 0 Å². The topological polar surface area (TPSA) is 81.6 Å². The third-order valence-corrected chi connectivity index (χ3v) is 2.42. The van der Waals surface area contributed by atoms with Gasteiger partial charge in [-0.05, 0) is 26.7 Å². The summed E-state index contributed by atoms with van der Waals surface area (Å²) in [4.78, 5) is 9.44. The van der Waals surface area contributed by atoms with Gasteiger partial charge in [-0.15, -0.1) is 0 Å². The van der Waals surface area contributed by atoms with Crippen molar-refractivity contribution in [1.29, 1.82) is 0 Å². The summed E-state index contributed by atoms with van der Waals surface area (Å²) in [5.74, 6) is 0.167. The van der Waals surface area contributed by atoms with E-state index in [4.69, 9.17) is 10.2 Å². The number of Topliss-reactive ketones (excluding diaryl/α,β-unsaturated/α-hetero) is 1. The van der Waals surface area contributed by atoms with Crippen molar-refractivity contribution in [2.45, 2.75) is 52.6 Å². The van der Waals surface area contributed by atoms with E-state index in [-0.39, 0.29) is 31.1 Å². The molecule has 4 N–H and O–H groups in total. The van der Waals surface area contributed by atoms with E-state index in [0.717, 1.165) is 25.9 Å².